The Bertz CT molecular complexity index is 5860. The van der Waals surface area contributed by atoms with Gasteiger partial charge in [0.25, 0.3) is 0 Å². The molecule has 7 rings (SSSR count). The second kappa shape index (κ2) is 59.6. The van der Waals surface area contributed by atoms with Crippen LogP contribution in [0.5, 0.6) is 5.75 Å². The van der Waals surface area contributed by atoms with Crippen LogP contribution in [0.3, 0.4) is 0 Å². The number of carboxylic acids is 6. The Hall–Kier alpha value is -17.0. The predicted molar refractivity (Wildman–Crippen MR) is 529 cm³/mol. The second-order valence-corrected chi connectivity index (χ2v) is 36.4. The van der Waals surface area contributed by atoms with Crippen LogP contribution in [-0.4, -0.2) is 303 Å². The van der Waals surface area contributed by atoms with Crippen molar-refractivity contribution < 1.29 is 151 Å². The minimum atomic E-state index is -2.15. The number of phenols is 1. The SMILES string of the molecule is CCCC[C@H](NC(=O)[C@H](Cc1c[nH]c2ccccc12)NC(=O)CNC(=O)[C@H](Cc1ccc(O)cc1)NC(=O)[C@H](C)NC(=O)[C@H](CCC(=O)O)NC(=O)[C@H](CCC(=O)O)NC(=O)[C@H](CCC(=O)O)NC(=O)[C@H](CCC(=O)O)NC(=O)[C@H](CCC(=O)O)NC(=O)[C@H](CC(C)C)NC(=O)[C@H](Cc1c[nH]c2ccccc12)NC(=O)[C@@H]1CCCN1C(=O)CNC(=O)[C@@H](N)CCC(N)=O)C(=O)N[C@@H](CC(=O)O)C(=O)N[C@@H](Cc1ccccc1)C(N)=O. The quantitative estimate of drug-likeness (QED) is 0.0175. The summed E-state index contributed by atoms with van der Waals surface area (Å²) in [7, 11) is 0. The number of H-pyrrole nitrogens is 2. The number of para-hydroxylation sites is 2. The maximum Gasteiger partial charge on any atom is 0.305 e. The Morgan fingerprint density at radius 2 is 0.747 bits per heavy atom. The third kappa shape index (κ3) is 40.1. The van der Waals surface area contributed by atoms with Crippen molar-refractivity contribution in [1.29, 1.82) is 0 Å². The number of amides is 18. The maximum absolute atomic E-state index is 14.9. The highest BCUT2D eigenvalue weighted by Gasteiger charge is 2.42. The van der Waals surface area contributed by atoms with Crippen LogP contribution in [0.2, 0.25) is 0 Å². The number of aromatic nitrogens is 2. The van der Waals surface area contributed by atoms with E-state index in [2.05, 4.69) is 89.7 Å². The maximum atomic E-state index is 14.9. The molecule has 1 aliphatic rings. The largest absolute Gasteiger partial charge is 0.508 e. The third-order valence-corrected chi connectivity index (χ3v) is 24.2. The highest BCUT2D eigenvalue weighted by atomic mass is 16.4. The minimum Gasteiger partial charge on any atom is -0.508 e. The van der Waals surface area contributed by atoms with E-state index >= 15 is 0 Å². The number of primary amides is 2. The number of likely N-dealkylation sites (tertiary alicyclic amines) is 1. The Morgan fingerprint density at radius 1 is 0.373 bits per heavy atom. The summed E-state index contributed by atoms with van der Waals surface area (Å²) in [6, 6.07) is 1.40. The van der Waals surface area contributed by atoms with Gasteiger partial charge in [0.05, 0.1) is 25.6 Å². The number of aromatic hydroxyl groups is 1. The monoisotopic (exact) mass is 2100 g/mol. The van der Waals surface area contributed by atoms with Crippen molar-refractivity contribution in [2.45, 2.75) is 266 Å². The van der Waals surface area contributed by atoms with Crippen LogP contribution in [0.1, 0.15) is 172 Å². The number of carbonyl (C=O) groups is 24. The number of carboxylic acid groups (broad SMARTS) is 6. The summed E-state index contributed by atoms with van der Waals surface area (Å²) < 4.78 is 0. The van der Waals surface area contributed by atoms with Crippen LogP contribution in [0.25, 0.3) is 21.8 Å². The van der Waals surface area contributed by atoms with E-state index in [9.17, 15) is 151 Å². The molecule has 1 saturated heterocycles. The number of hydrogen-bond acceptors (Lipinski definition) is 26. The van der Waals surface area contributed by atoms with Gasteiger partial charge in [-0.2, -0.15) is 0 Å². The summed E-state index contributed by atoms with van der Waals surface area (Å²) >= 11 is 0. The number of unbranched alkanes of at least 4 members (excludes halogenated alkanes) is 1. The smallest absolute Gasteiger partial charge is 0.305 e. The number of fused-ring (bicyclic) bond motifs is 2. The lowest BCUT2D eigenvalue weighted by molar-refractivity contribution is -0.141. The van der Waals surface area contributed by atoms with E-state index in [-0.39, 0.29) is 75.6 Å². The van der Waals surface area contributed by atoms with Gasteiger partial charge in [0.15, 0.2) is 0 Å². The zero-order valence-electron chi connectivity index (χ0n) is 82.7. The summed E-state index contributed by atoms with van der Waals surface area (Å²) in [4.78, 5) is 333. The van der Waals surface area contributed by atoms with Crippen molar-refractivity contribution in [1.82, 2.24) is 94.6 Å². The number of hydrogen-bond donors (Lipinski definition) is 27. The van der Waals surface area contributed by atoms with Crippen LogP contribution in [0.15, 0.2) is 116 Å². The lowest BCUT2D eigenvalue weighted by Crippen LogP contribution is -2.61. The van der Waals surface area contributed by atoms with Crippen molar-refractivity contribution in [3.05, 3.63) is 138 Å². The first-order chi connectivity index (χ1) is 71.1. The fourth-order valence-corrected chi connectivity index (χ4v) is 16.1. The molecule has 18 amide bonds. The molecule has 30 N–H and O–H groups in total. The molecule has 4 aromatic carbocycles. The van der Waals surface area contributed by atoms with Gasteiger partial charge >= 0.3 is 35.8 Å². The number of benzene rings is 4. The van der Waals surface area contributed by atoms with Gasteiger partial charge in [0.2, 0.25) is 106 Å². The van der Waals surface area contributed by atoms with Gasteiger partial charge in [-0.25, -0.2) is 0 Å². The predicted octanol–water partition coefficient (Wildman–Crippen LogP) is -3.72. The fourth-order valence-electron chi connectivity index (χ4n) is 16.1. The van der Waals surface area contributed by atoms with Gasteiger partial charge in [-0.1, -0.05) is 112 Å². The van der Waals surface area contributed by atoms with Crippen molar-refractivity contribution in [3.8, 4) is 5.75 Å². The normalized spacial score (nSPS) is 14.9. The van der Waals surface area contributed by atoms with E-state index in [1.165, 1.54) is 29.2 Å². The van der Waals surface area contributed by atoms with E-state index in [1.54, 1.807) is 112 Å². The Labute approximate surface area is 857 Å². The average molecular weight is 2100 g/mol. The molecule has 150 heavy (non-hydrogen) atoms. The lowest BCUT2D eigenvalue weighted by atomic mass is 9.99. The van der Waals surface area contributed by atoms with Crippen molar-refractivity contribution in [2.24, 2.45) is 23.1 Å². The molecule has 0 bridgehead atoms. The molecule has 0 radical (unpaired) electrons. The molecule has 15 atom stereocenters. The van der Waals surface area contributed by atoms with Gasteiger partial charge in [-0.15, -0.1) is 0 Å². The first-order valence-corrected chi connectivity index (χ1v) is 48.4. The van der Waals surface area contributed by atoms with Crippen molar-refractivity contribution in [3.63, 3.8) is 0 Å². The van der Waals surface area contributed by atoms with Crippen LogP contribution in [0, 0.1) is 5.92 Å². The Morgan fingerprint density at radius 3 is 1.19 bits per heavy atom. The molecule has 0 saturated carbocycles. The molecular formula is C98H129N21O31. The molecular weight excluding hydrogens is 1970 g/mol. The number of nitrogens with one attached hydrogen (secondary N) is 17. The molecule has 812 valence electrons. The number of aliphatic carboxylic acids is 6. The van der Waals surface area contributed by atoms with E-state index in [0.29, 0.717) is 51.3 Å². The standard InChI is InChI=1S/C98H129N21O31/c1-5-6-19-62(89(141)117-73(45-83(134)135)97(149)114-68(84(101)136)41-52-15-8-7-9-16-52)108-95(147)71(43-54-46-102-60-20-12-10-17-57(54)60)107-76(122)48-104-87(139)70(42-53-23-25-56(120)26-24-53)115-85(137)51(4)106-88(140)63(28-34-78(124)125)109-90(142)64(29-35-79(126)127)110-91(143)65(30-36-80(128)129)111-92(144)66(31-37-81(130)131)112-93(145)67(32-38-82(132)133)113-94(146)69(40-50(2)3)116-96(148)72(44-55-47-103-61-21-13-11-18-58(55)61)118-98(150)74-22-14-39-119(74)77(123)49-105-86(138)59(99)27-33-75(100)121/h7-13,15-18,20-21,23-26,46-47,50-51,59,62-74,102-103,120H,5-6,14,19,22,27-45,48-49,99H2,1-4H3,(H2,100,121)(H2,101,136)(H,104,139)(H,105,138)(H,106,140)(H,107,122)(H,108,147)(H,109,142)(H,110,143)(H,111,144)(H,112,145)(H,113,146)(H,114,149)(H,115,137)(H,116,148)(H,117,141)(H,118,150)(H,124,125)(H,126,127)(H,128,129)(H,130,131)(H,132,133)(H,134,135)/t51-,59-,62-,63-,64-,65-,66-,67-,68-,69-,70-,71-,72-,73-,74-/m0/s1. The molecule has 0 spiro atoms. The Kier molecular flexibility index (Phi) is 47.6. The lowest BCUT2D eigenvalue weighted by Gasteiger charge is -2.29. The van der Waals surface area contributed by atoms with E-state index < -0.39 is 329 Å². The average Bonchev–Trinajstić information content (AvgIpc) is 1.67. The number of carbonyl (C=O) groups excluding carboxylic acids is 18. The number of phenolic OH excluding ortho intramolecular Hbond substituents is 1. The molecule has 1 aliphatic heterocycles. The zero-order valence-corrected chi connectivity index (χ0v) is 82.7. The van der Waals surface area contributed by atoms with Gasteiger partial charge in [-0.3, -0.25) is 115 Å². The van der Waals surface area contributed by atoms with Gasteiger partial charge in [0, 0.05) is 105 Å². The van der Waals surface area contributed by atoms with Crippen molar-refractivity contribution >= 4 is 164 Å². The number of rotatable bonds is 65. The second-order valence-electron chi connectivity index (χ2n) is 36.4. The third-order valence-electron chi connectivity index (χ3n) is 24.2. The van der Waals surface area contributed by atoms with Crippen LogP contribution >= 0.6 is 0 Å². The summed E-state index contributed by atoms with van der Waals surface area (Å²) in [6.07, 6.45) is -7.61. The summed E-state index contributed by atoms with van der Waals surface area (Å²) in [6.45, 7) is 4.56. The summed E-state index contributed by atoms with van der Waals surface area (Å²) in [5.74, 6) is -30.0. The molecule has 52 heteroatoms. The summed E-state index contributed by atoms with van der Waals surface area (Å²) in [5, 5.41) is 107. The van der Waals surface area contributed by atoms with E-state index in [0.717, 1.165) is 6.92 Å². The van der Waals surface area contributed by atoms with Gasteiger partial charge in [0.1, 0.15) is 90.3 Å². The highest BCUT2D eigenvalue weighted by molar-refractivity contribution is 6.03. The zero-order chi connectivity index (χ0) is 111. The molecule has 0 aliphatic carbocycles. The molecule has 2 aromatic heterocycles. The molecule has 1 fully saturated rings. The topological polar surface area (TPSA) is 845 Å². The van der Waals surface area contributed by atoms with Gasteiger partial charge < -0.3 is 148 Å². The minimum absolute atomic E-state index is 0.0404. The van der Waals surface area contributed by atoms with Gasteiger partial charge in [-0.05, 0) is 124 Å². The number of aromatic amines is 2. The Balaban J connectivity index is 1.06. The van der Waals surface area contributed by atoms with Crippen LogP contribution in [0.4, 0.5) is 0 Å². The first kappa shape index (κ1) is 120. The highest BCUT2D eigenvalue weighted by Crippen LogP contribution is 2.25. The number of nitrogens with two attached hydrogens (primary N) is 3. The van der Waals surface area contributed by atoms with Crippen molar-refractivity contribution in [2.75, 3.05) is 19.6 Å². The fraction of sp³-hybridized carbons (Fsp3) is 0.469. The van der Waals surface area contributed by atoms with E-state index in [1.807, 2.05) is 0 Å². The van der Waals surface area contributed by atoms with Crippen LogP contribution in [-0.2, 0) is 141 Å². The molecule has 52 nitrogen and oxygen atoms in total. The number of nitrogens with zero attached hydrogens (tertiary/aromatic N) is 1. The molecule has 3 heterocycles. The first-order valence-electron chi connectivity index (χ1n) is 48.4. The molecule has 0 unspecified atom stereocenters. The molecule has 6 aromatic rings. The van der Waals surface area contributed by atoms with E-state index in [4.69, 9.17) is 17.2 Å². The van der Waals surface area contributed by atoms with Crippen LogP contribution < -0.4 is 97.0 Å². The summed E-state index contributed by atoms with van der Waals surface area (Å²) in [5.41, 5.74) is 19.7.